The molecule has 0 bridgehead atoms. The second-order valence-corrected chi connectivity index (χ2v) is 5.23. The maximum Gasteiger partial charge on any atom is 0.416 e. The number of aromatic nitrogens is 2. The van der Waals surface area contributed by atoms with Gasteiger partial charge in [-0.25, -0.2) is 14.4 Å². The van der Waals surface area contributed by atoms with Crippen LogP contribution in [0.3, 0.4) is 0 Å². The Hall–Kier alpha value is -2.70. The van der Waals surface area contributed by atoms with E-state index in [4.69, 9.17) is 0 Å². The van der Waals surface area contributed by atoms with Crippen LogP contribution in [0.4, 0.5) is 23.4 Å². The predicted octanol–water partition coefficient (Wildman–Crippen LogP) is 4.44. The zero-order valence-corrected chi connectivity index (χ0v) is 12.4. The molecule has 2 aromatic carbocycles. The molecule has 0 atom stereocenters. The van der Waals surface area contributed by atoms with Crippen molar-refractivity contribution in [2.45, 2.75) is 12.6 Å². The van der Waals surface area contributed by atoms with Crippen molar-refractivity contribution in [3.05, 3.63) is 65.7 Å². The van der Waals surface area contributed by atoms with E-state index in [1.165, 1.54) is 18.5 Å². The third-order valence-electron chi connectivity index (χ3n) is 3.58. The molecule has 24 heavy (non-hydrogen) atoms. The molecular formula is C17H13F4N3. The number of hydrogen-bond acceptors (Lipinski definition) is 3. The summed E-state index contributed by atoms with van der Waals surface area (Å²) >= 11 is 0. The number of hydrogen-bond donors (Lipinski definition) is 1. The second kappa shape index (κ2) is 6.43. The normalized spacial score (nSPS) is 11.7. The first-order valence-corrected chi connectivity index (χ1v) is 7.24. The lowest BCUT2D eigenvalue weighted by atomic mass is 10.1. The Kier molecular flexibility index (Phi) is 4.33. The molecule has 1 N–H and O–H groups in total. The number of fused-ring (bicyclic) bond motifs is 1. The first-order chi connectivity index (χ1) is 11.4. The average Bonchev–Trinajstić information content (AvgIpc) is 2.55. The zero-order chi connectivity index (χ0) is 17.2. The summed E-state index contributed by atoms with van der Waals surface area (Å²) in [6, 6.07) is 9.73. The van der Waals surface area contributed by atoms with Gasteiger partial charge in [0.2, 0.25) is 0 Å². The fourth-order valence-corrected chi connectivity index (χ4v) is 2.42. The van der Waals surface area contributed by atoms with Crippen LogP contribution < -0.4 is 5.32 Å². The van der Waals surface area contributed by atoms with Crippen molar-refractivity contribution >= 4 is 16.7 Å². The van der Waals surface area contributed by atoms with Crippen molar-refractivity contribution < 1.29 is 17.6 Å². The van der Waals surface area contributed by atoms with Crippen LogP contribution in [-0.4, -0.2) is 16.5 Å². The van der Waals surface area contributed by atoms with Gasteiger partial charge in [0.05, 0.1) is 5.56 Å². The largest absolute Gasteiger partial charge is 0.416 e. The molecule has 0 aliphatic heterocycles. The summed E-state index contributed by atoms with van der Waals surface area (Å²) in [4.78, 5) is 7.96. The topological polar surface area (TPSA) is 37.8 Å². The third kappa shape index (κ3) is 3.45. The van der Waals surface area contributed by atoms with Gasteiger partial charge in [0.15, 0.2) is 0 Å². The molecular weight excluding hydrogens is 322 g/mol. The maximum atomic E-state index is 13.7. The molecule has 0 amide bonds. The average molecular weight is 335 g/mol. The van der Waals surface area contributed by atoms with Crippen LogP contribution in [0.5, 0.6) is 0 Å². The highest BCUT2D eigenvalue weighted by Crippen LogP contribution is 2.29. The molecule has 0 aliphatic rings. The van der Waals surface area contributed by atoms with E-state index in [2.05, 4.69) is 15.3 Å². The van der Waals surface area contributed by atoms with Gasteiger partial charge in [0.1, 0.15) is 23.5 Å². The second-order valence-electron chi connectivity index (χ2n) is 5.23. The summed E-state index contributed by atoms with van der Waals surface area (Å²) in [6.07, 6.45) is -2.73. The summed E-state index contributed by atoms with van der Waals surface area (Å²) in [5.41, 5.74) is 0.0884. The number of para-hydroxylation sites is 1. The van der Waals surface area contributed by atoms with Gasteiger partial charge in [-0.2, -0.15) is 13.2 Å². The molecule has 0 fully saturated rings. The lowest BCUT2D eigenvalue weighted by molar-refractivity contribution is -0.137. The van der Waals surface area contributed by atoms with E-state index in [1.54, 1.807) is 18.2 Å². The van der Waals surface area contributed by atoms with E-state index >= 15 is 0 Å². The predicted molar refractivity (Wildman–Crippen MR) is 83.1 cm³/mol. The van der Waals surface area contributed by atoms with Crippen molar-refractivity contribution in [1.82, 2.24) is 9.97 Å². The van der Waals surface area contributed by atoms with Crippen LogP contribution in [0.2, 0.25) is 0 Å². The highest BCUT2D eigenvalue weighted by molar-refractivity contribution is 5.89. The number of benzene rings is 2. The number of nitrogens with zero attached hydrogens (tertiary/aromatic N) is 2. The van der Waals surface area contributed by atoms with E-state index in [0.717, 1.165) is 12.1 Å². The Morgan fingerprint density at radius 3 is 2.58 bits per heavy atom. The molecule has 3 nitrogen and oxygen atoms in total. The molecule has 0 aliphatic carbocycles. The van der Waals surface area contributed by atoms with Gasteiger partial charge >= 0.3 is 6.18 Å². The molecule has 0 unspecified atom stereocenters. The van der Waals surface area contributed by atoms with E-state index in [9.17, 15) is 17.6 Å². The van der Waals surface area contributed by atoms with Crippen LogP contribution in [0.15, 0.2) is 48.8 Å². The van der Waals surface area contributed by atoms with Gasteiger partial charge in [-0.1, -0.05) is 24.3 Å². The molecule has 0 saturated carbocycles. The zero-order valence-electron chi connectivity index (χ0n) is 12.4. The Labute approximate surface area is 135 Å². The van der Waals surface area contributed by atoms with E-state index in [-0.39, 0.29) is 5.52 Å². The van der Waals surface area contributed by atoms with E-state index < -0.39 is 17.6 Å². The van der Waals surface area contributed by atoms with Crippen LogP contribution in [0.1, 0.15) is 11.1 Å². The van der Waals surface area contributed by atoms with Crippen LogP contribution in [-0.2, 0) is 12.6 Å². The van der Waals surface area contributed by atoms with Crippen molar-refractivity contribution in [1.29, 1.82) is 0 Å². The molecule has 1 heterocycles. The number of rotatable bonds is 4. The molecule has 0 spiro atoms. The molecule has 0 saturated heterocycles. The van der Waals surface area contributed by atoms with Gasteiger partial charge < -0.3 is 5.32 Å². The molecule has 3 rings (SSSR count). The van der Waals surface area contributed by atoms with Gasteiger partial charge in [0.25, 0.3) is 0 Å². The first kappa shape index (κ1) is 16.2. The SMILES string of the molecule is Fc1cccc2c(NCCc3cccc(C(F)(F)F)c3)ncnc12. The Bertz CT molecular complexity index is 862. The van der Waals surface area contributed by atoms with Gasteiger partial charge in [-0.3, -0.25) is 0 Å². The summed E-state index contributed by atoms with van der Waals surface area (Å²) in [6.45, 7) is 0.365. The fraction of sp³-hybridized carbons (Fsp3) is 0.176. The van der Waals surface area contributed by atoms with Crippen molar-refractivity contribution in [3.8, 4) is 0 Å². The lowest BCUT2D eigenvalue weighted by Crippen LogP contribution is -2.09. The lowest BCUT2D eigenvalue weighted by Gasteiger charge is -2.10. The molecule has 7 heteroatoms. The minimum Gasteiger partial charge on any atom is -0.369 e. The molecule has 0 radical (unpaired) electrons. The van der Waals surface area contributed by atoms with Gasteiger partial charge in [-0.05, 0) is 30.2 Å². The Morgan fingerprint density at radius 1 is 1.00 bits per heavy atom. The standard InChI is InChI=1S/C17H13F4N3/c18-14-6-2-5-13-15(14)23-10-24-16(13)22-8-7-11-3-1-4-12(9-11)17(19,20)21/h1-6,9-10H,7-8H2,(H,22,23,24). The molecule has 3 aromatic rings. The van der Waals surface area contributed by atoms with Crippen LogP contribution in [0, 0.1) is 5.82 Å². The third-order valence-corrected chi connectivity index (χ3v) is 3.58. The minimum absolute atomic E-state index is 0.203. The number of nitrogens with one attached hydrogen (secondary N) is 1. The van der Waals surface area contributed by atoms with Crippen molar-refractivity contribution in [2.24, 2.45) is 0 Å². The van der Waals surface area contributed by atoms with Crippen LogP contribution in [0.25, 0.3) is 10.9 Å². The van der Waals surface area contributed by atoms with Crippen molar-refractivity contribution in [2.75, 3.05) is 11.9 Å². The number of halogens is 4. The highest BCUT2D eigenvalue weighted by Gasteiger charge is 2.30. The number of anilines is 1. The van der Waals surface area contributed by atoms with E-state index in [1.807, 2.05) is 0 Å². The smallest absolute Gasteiger partial charge is 0.369 e. The number of alkyl halides is 3. The Balaban J connectivity index is 1.73. The summed E-state index contributed by atoms with van der Waals surface area (Å²) in [5, 5.41) is 3.55. The van der Waals surface area contributed by atoms with E-state index in [0.29, 0.717) is 29.7 Å². The van der Waals surface area contributed by atoms with Gasteiger partial charge in [0, 0.05) is 11.9 Å². The minimum atomic E-state index is -4.36. The maximum absolute atomic E-state index is 13.7. The monoisotopic (exact) mass is 335 g/mol. The molecule has 1 aromatic heterocycles. The summed E-state index contributed by atoms with van der Waals surface area (Å²) in [5.74, 6) is 0.00213. The summed E-state index contributed by atoms with van der Waals surface area (Å²) < 4.78 is 51.8. The van der Waals surface area contributed by atoms with Gasteiger partial charge in [-0.15, -0.1) is 0 Å². The first-order valence-electron chi connectivity index (χ1n) is 7.24. The summed E-state index contributed by atoms with van der Waals surface area (Å²) in [7, 11) is 0. The van der Waals surface area contributed by atoms with Crippen molar-refractivity contribution in [3.63, 3.8) is 0 Å². The Morgan fingerprint density at radius 2 is 1.79 bits per heavy atom. The molecule has 124 valence electrons. The highest BCUT2D eigenvalue weighted by atomic mass is 19.4. The van der Waals surface area contributed by atoms with Crippen LogP contribution >= 0.6 is 0 Å². The fourth-order valence-electron chi connectivity index (χ4n) is 2.42. The quantitative estimate of drug-likeness (QED) is 0.716.